The van der Waals surface area contributed by atoms with Gasteiger partial charge in [-0.1, -0.05) is 24.6 Å². The molecule has 0 bridgehead atoms. The van der Waals surface area contributed by atoms with Crippen molar-refractivity contribution in [1.82, 2.24) is 0 Å². The Morgan fingerprint density at radius 1 is 1.32 bits per heavy atom. The quantitative estimate of drug-likeness (QED) is 0.236. The highest BCUT2D eigenvalue weighted by molar-refractivity contribution is 5.81. The first kappa shape index (κ1) is 23.1. The van der Waals surface area contributed by atoms with Crippen molar-refractivity contribution in [2.75, 3.05) is 33.5 Å². The highest BCUT2D eigenvalue weighted by Gasteiger charge is 2.51. The van der Waals surface area contributed by atoms with E-state index >= 15 is 0 Å². The van der Waals surface area contributed by atoms with E-state index in [1.165, 1.54) is 13.2 Å². The van der Waals surface area contributed by atoms with Gasteiger partial charge in [0.1, 0.15) is 0 Å². The first-order valence-electron chi connectivity index (χ1n) is 10.6. The lowest BCUT2D eigenvalue weighted by atomic mass is 9.87. The molecule has 0 aromatic heterocycles. The molecule has 1 N–H and O–H groups in total. The van der Waals surface area contributed by atoms with E-state index in [-0.39, 0.29) is 5.97 Å². The van der Waals surface area contributed by atoms with Crippen LogP contribution in [0.4, 0.5) is 0 Å². The smallest absolute Gasteiger partial charge is 0.330 e. The van der Waals surface area contributed by atoms with Gasteiger partial charge < -0.3 is 24.1 Å². The minimum absolute atomic E-state index is 0.301. The summed E-state index contributed by atoms with van der Waals surface area (Å²) >= 11 is 0. The summed E-state index contributed by atoms with van der Waals surface area (Å²) in [5, 5.41) is 10.1. The second-order valence-electron chi connectivity index (χ2n) is 7.47. The molecule has 1 aliphatic heterocycles. The summed E-state index contributed by atoms with van der Waals surface area (Å²) in [5.41, 5.74) is 0. The number of rotatable bonds is 12. The van der Waals surface area contributed by atoms with Crippen LogP contribution in [0.2, 0.25) is 0 Å². The first-order valence-corrected chi connectivity index (χ1v) is 10.6. The average Bonchev–Trinajstić information content (AvgIpc) is 3.31. The van der Waals surface area contributed by atoms with E-state index in [4.69, 9.17) is 14.2 Å². The van der Waals surface area contributed by atoms with Crippen LogP contribution in [0.3, 0.4) is 0 Å². The van der Waals surface area contributed by atoms with Crippen LogP contribution >= 0.6 is 0 Å². The second kappa shape index (κ2) is 12.4. The molecule has 28 heavy (non-hydrogen) atoms. The van der Waals surface area contributed by atoms with Crippen LogP contribution in [0.1, 0.15) is 51.9 Å². The van der Waals surface area contributed by atoms with Crippen LogP contribution in [0.15, 0.2) is 24.3 Å². The predicted octanol–water partition coefficient (Wildman–Crippen LogP) is 3.39. The Labute approximate surface area is 168 Å². The van der Waals surface area contributed by atoms with Gasteiger partial charge in [-0.15, -0.1) is 0 Å². The number of carbonyl (C=O) groups is 1. The normalized spacial score (nSPS) is 25.2. The Bertz CT molecular complexity index is 509. The largest absolute Gasteiger partial charge is 0.466 e. The second-order valence-corrected chi connectivity index (χ2v) is 7.47. The number of allylic oxidation sites excluding steroid dienone is 2. The average molecular weight is 397 g/mol. The molecule has 6 heteroatoms. The highest BCUT2D eigenvalue weighted by atomic mass is 16.7. The number of esters is 1. The molecule has 1 spiro atoms. The van der Waals surface area contributed by atoms with Gasteiger partial charge in [-0.05, 0) is 38.5 Å². The molecule has 1 unspecified atom stereocenters. The molecule has 2 aliphatic rings. The lowest BCUT2D eigenvalue weighted by Crippen LogP contribution is -2.36. The summed E-state index contributed by atoms with van der Waals surface area (Å²) in [4.78, 5) is 11.1. The fourth-order valence-corrected chi connectivity index (χ4v) is 4.16. The maximum absolute atomic E-state index is 11.1. The Morgan fingerprint density at radius 2 is 2.11 bits per heavy atom. The standard InChI is InChI=1S/C22H36O6/c1-3-26-15-13-19(23)11-10-18-12-14-22(27-16-17-28-22)20(18)8-6-4-5-7-9-21(24)25-2/h7,9-11,18-20,23H,3-6,8,12-17H2,1-2H3/b9-7+,11-10+/t18-,19?,20+/m0/s1. The summed E-state index contributed by atoms with van der Waals surface area (Å²) in [6, 6.07) is 0. The molecule has 3 atom stereocenters. The van der Waals surface area contributed by atoms with Gasteiger partial charge >= 0.3 is 5.97 Å². The van der Waals surface area contributed by atoms with E-state index in [0.717, 1.165) is 38.5 Å². The fourth-order valence-electron chi connectivity index (χ4n) is 4.16. The number of hydrogen-bond acceptors (Lipinski definition) is 6. The Morgan fingerprint density at radius 3 is 2.82 bits per heavy atom. The lowest BCUT2D eigenvalue weighted by Gasteiger charge is -2.31. The lowest BCUT2D eigenvalue weighted by molar-refractivity contribution is -0.186. The fraction of sp³-hybridized carbons (Fsp3) is 0.773. The van der Waals surface area contributed by atoms with E-state index in [0.29, 0.717) is 44.7 Å². The maximum Gasteiger partial charge on any atom is 0.330 e. The third kappa shape index (κ3) is 6.99. The van der Waals surface area contributed by atoms with Gasteiger partial charge in [0, 0.05) is 38.0 Å². The highest BCUT2D eigenvalue weighted by Crippen LogP contribution is 2.48. The van der Waals surface area contributed by atoms with Crippen molar-refractivity contribution in [3.8, 4) is 0 Å². The van der Waals surface area contributed by atoms with Gasteiger partial charge in [-0.3, -0.25) is 0 Å². The van der Waals surface area contributed by atoms with Crippen molar-refractivity contribution >= 4 is 5.97 Å². The molecule has 1 aliphatic carbocycles. The van der Waals surface area contributed by atoms with Crippen molar-refractivity contribution in [2.24, 2.45) is 11.8 Å². The molecule has 0 aromatic carbocycles. The molecular weight excluding hydrogens is 360 g/mol. The minimum atomic E-state index is -0.474. The third-order valence-electron chi connectivity index (χ3n) is 5.62. The molecule has 2 fully saturated rings. The zero-order chi connectivity index (χ0) is 20.2. The molecule has 1 saturated heterocycles. The molecule has 0 aromatic rings. The number of aliphatic hydroxyl groups excluding tert-OH is 1. The first-order chi connectivity index (χ1) is 13.6. The maximum atomic E-state index is 11.1. The van der Waals surface area contributed by atoms with Crippen LogP contribution in [-0.4, -0.2) is 56.5 Å². The van der Waals surface area contributed by atoms with Gasteiger partial charge in [0.15, 0.2) is 5.79 Å². The minimum Gasteiger partial charge on any atom is -0.466 e. The van der Waals surface area contributed by atoms with Crippen LogP contribution < -0.4 is 0 Å². The molecular formula is C22H36O6. The monoisotopic (exact) mass is 396 g/mol. The summed E-state index contributed by atoms with van der Waals surface area (Å²) in [6.45, 7) is 4.52. The van der Waals surface area contributed by atoms with Crippen LogP contribution in [-0.2, 0) is 23.7 Å². The molecule has 0 amide bonds. The van der Waals surface area contributed by atoms with E-state index in [1.54, 1.807) is 0 Å². The predicted molar refractivity (Wildman–Crippen MR) is 107 cm³/mol. The molecule has 0 radical (unpaired) electrons. The van der Waals surface area contributed by atoms with Crippen molar-refractivity contribution in [3.05, 3.63) is 24.3 Å². The topological polar surface area (TPSA) is 74.2 Å². The number of unbranched alkanes of at least 4 members (excludes halogenated alkanes) is 2. The van der Waals surface area contributed by atoms with Crippen LogP contribution in [0.5, 0.6) is 0 Å². The zero-order valence-electron chi connectivity index (χ0n) is 17.3. The number of carbonyl (C=O) groups excluding carboxylic acids is 1. The van der Waals surface area contributed by atoms with Gasteiger partial charge in [0.05, 0.1) is 26.4 Å². The van der Waals surface area contributed by atoms with Crippen molar-refractivity contribution in [2.45, 2.75) is 63.8 Å². The number of hydrogen-bond donors (Lipinski definition) is 1. The van der Waals surface area contributed by atoms with Gasteiger partial charge in [0.25, 0.3) is 0 Å². The van der Waals surface area contributed by atoms with E-state index in [1.807, 2.05) is 19.1 Å². The summed E-state index contributed by atoms with van der Waals surface area (Å²) < 4.78 is 22.0. The van der Waals surface area contributed by atoms with E-state index in [2.05, 4.69) is 10.8 Å². The number of aliphatic hydroxyl groups is 1. The molecule has 1 heterocycles. The SMILES string of the molecule is CCOCCC(O)/C=C/[C@H]1CCC2(OCCO2)[C@@H]1CCCC/C=C/C(=O)OC. The van der Waals surface area contributed by atoms with E-state index in [9.17, 15) is 9.90 Å². The summed E-state index contributed by atoms with van der Waals surface area (Å²) in [6.07, 6.45) is 13.4. The molecule has 1 saturated carbocycles. The molecule has 160 valence electrons. The number of ether oxygens (including phenoxy) is 4. The Hall–Kier alpha value is -1.21. The summed E-state index contributed by atoms with van der Waals surface area (Å²) in [5.74, 6) is -0.108. The Kier molecular flexibility index (Phi) is 10.2. The Balaban J connectivity index is 1.84. The van der Waals surface area contributed by atoms with Crippen LogP contribution in [0.25, 0.3) is 0 Å². The van der Waals surface area contributed by atoms with Crippen molar-refractivity contribution in [1.29, 1.82) is 0 Å². The van der Waals surface area contributed by atoms with E-state index < -0.39 is 11.9 Å². The third-order valence-corrected chi connectivity index (χ3v) is 5.62. The van der Waals surface area contributed by atoms with Crippen molar-refractivity contribution < 1.29 is 28.8 Å². The molecule has 2 rings (SSSR count). The van der Waals surface area contributed by atoms with Crippen LogP contribution in [0, 0.1) is 11.8 Å². The number of methoxy groups -OCH3 is 1. The molecule has 6 nitrogen and oxygen atoms in total. The van der Waals surface area contributed by atoms with Gasteiger partial charge in [0.2, 0.25) is 0 Å². The summed E-state index contributed by atoms with van der Waals surface area (Å²) in [7, 11) is 1.38. The van der Waals surface area contributed by atoms with Gasteiger partial charge in [-0.25, -0.2) is 4.79 Å². The zero-order valence-corrected chi connectivity index (χ0v) is 17.3. The van der Waals surface area contributed by atoms with Crippen molar-refractivity contribution in [3.63, 3.8) is 0 Å². The van der Waals surface area contributed by atoms with Gasteiger partial charge in [-0.2, -0.15) is 0 Å².